The number of carboxylic acids is 1. The van der Waals surface area contributed by atoms with Gasteiger partial charge in [0.25, 0.3) is 0 Å². The Bertz CT molecular complexity index is 696. The van der Waals surface area contributed by atoms with Crippen LogP contribution in [0.15, 0.2) is 42.5 Å². The fraction of sp³-hybridized carbons (Fsp3) is 0. The average Bonchev–Trinajstić information content (AvgIpc) is 2.41. The lowest BCUT2D eigenvalue weighted by molar-refractivity contribution is -0.131. The molecule has 0 heterocycles. The standard InChI is InChI=1S/C15H9Cl2FO2/c16-10-3-4-13(17)11(8-10)12-7-9(1-5-14(12)18)2-6-15(19)20/h1-8H,(H,19,20)/b6-2+. The van der Waals surface area contributed by atoms with Crippen LogP contribution in [0.2, 0.25) is 10.0 Å². The summed E-state index contributed by atoms with van der Waals surface area (Å²) in [5.74, 6) is -1.53. The molecular weight excluding hydrogens is 302 g/mol. The number of rotatable bonds is 3. The van der Waals surface area contributed by atoms with Crippen molar-refractivity contribution in [2.75, 3.05) is 0 Å². The Hall–Kier alpha value is -1.84. The molecule has 5 heteroatoms. The fourth-order valence-electron chi connectivity index (χ4n) is 1.72. The van der Waals surface area contributed by atoms with Gasteiger partial charge >= 0.3 is 5.97 Å². The van der Waals surface area contributed by atoms with Crippen molar-refractivity contribution in [3.8, 4) is 11.1 Å². The molecule has 0 fully saturated rings. The van der Waals surface area contributed by atoms with Gasteiger partial charge in [0.05, 0.1) is 0 Å². The molecule has 2 aromatic rings. The molecule has 20 heavy (non-hydrogen) atoms. The number of hydrogen-bond donors (Lipinski definition) is 1. The topological polar surface area (TPSA) is 37.3 Å². The molecule has 0 aliphatic rings. The highest BCUT2D eigenvalue weighted by molar-refractivity contribution is 6.35. The summed E-state index contributed by atoms with van der Waals surface area (Å²) in [5.41, 5.74) is 1.28. The molecule has 2 rings (SSSR count). The van der Waals surface area contributed by atoms with Crippen LogP contribution in [0, 0.1) is 5.82 Å². The fourth-order valence-corrected chi connectivity index (χ4v) is 2.12. The van der Waals surface area contributed by atoms with E-state index in [4.69, 9.17) is 28.3 Å². The smallest absolute Gasteiger partial charge is 0.328 e. The molecule has 0 atom stereocenters. The minimum atomic E-state index is -1.07. The minimum absolute atomic E-state index is 0.269. The molecule has 0 unspecified atom stereocenters. The first-order valence-corrected chi connectivity index (χ1v) is 6.39. The second-order valence-electron chi connectivity index (χ2n) is 4.04. The first-order valence-electron chi connectivity index (χ1n) is 5.63. The van der Waals surface area contributed by atoms with Gasteiger partial charge in [0, 0.05) is 27.2 Å². The van der Waals surface area contributed by atoms with Gasteiger partial charge in [-0.3, -0.25) is 0 Å². The second-order valence-corrected chi connectivity index (χ2v) is 4.88. The summed E-state index contributed by atoms with van der Waals surface area (Å²) in [4.78, 5) is 10.5. The summed E-state index contributed by atoms with van der Waals surface area (Å²) in [6.45, 7) is 0. The zero-order valence-electron chi connectivity index (χ0n) is 10.1. The molecule has 0 aliphatic carbocycles. The van der Waals surface area contributed by atoms with E-state index in [9.17, 15) is 9.18 Å². The predicted octanol–water partition coefficient (Wildman–Crippen LogP) is 4.90. The summed E-state index contributed by atoms with van der Waals surface area (Å²) in [6.07, 6.45) is 2.36. The van der Waals surface area contributed by atoms with E-state index in [0.29, 0.717) is 21.2 Å². The van der Waals surface area contributed by atoms with E-state index in [1.807, 2.05) is 0 Å². The SMILES string of the molecule is O=C(O)/C=C/c1ccc(F)c(-c2cc(Cl)ccc2Cl)c1. The first kappa shape index (κ1) is 14.6. The zero-order chi connectivity index (χ0) is 14.7. The maximum Gasteiger partial charge on any atom is 0.328 e. The third-order valence-corrected chi connectivity index (χ3v) is 3.19. The number of halogens is 3. The van der Waals surface area contributed by atoms with Crippen LogP contribution in [-0.4, -0.2) is 11.1 Å². The van der Waals surface area contributed by atoms with Crippen LogP contribution in [-0.2, 0) is 4.79 Å². The van der Waals surface area contributed by atoms with Gasteiger partial charge in [-0.15, -0.1) is 0 Å². The van der Waals surface area contributed by atoms with Gasteiger partial charge in [-0.1, -0.05) is 29.3 Å². The Labute approximate surface area is 125 Å². The average molecular weight is 311 g/mol. The normalized spacial score (nSPS) is 10.9. The van der Waals surface area contributed by atoms with Crippen LogP contribution in [0.4, 0.5) is 4.39 Å². The van der Waals surface area contributed by atoms with Gasteiger partial charge in [-0.25, -0.2) is 9.18 Å². The Morgan fingerprint density at radius 2 is 1.85 bits per heavy atom. The van der Waals surface area contributed by atoms with Crippen molar-refractivity contribution in [2.45, 2.75) is 0 Å². The third kappa shape index (κ3) is 3.38. The summed E-state index contributed by atoms with van der Waals surface area (Å²) in [7, 11) is 0. The monoisotopic (exact) mass is 310 g/mol. The molecule has 1 N–H and O–H groups in total. The van der Waals surface area contributed by atoms with Crippen LogP contribution < -0.4 is 0 Å². The van der Waals surface area contributed by atoms with Crippen LogP contribution in [0.1, 0.15) is 5.56 Å². The van der Waals surface area contributed by atoms with Gasteiger partial charge in [0.1, 0.15) is 5.82 Å². The lowest BCUT2D eigenvalue weighted by Gasteiger charge is -2.08. The Balaban J connectivity index is 2.53. The van der Waals surface area contributed by atoms with E-state index in [0.717, 1.165) is 6.08 Å². The Morgan fingerprint density at radius 1 is 1.10 bits per heavy atom. The highest BCUT2D eigenvalue weighted by Gasteiger charge is 2.10. The van der Waals surface area contributed by atoms with E-state index < -0.39 is 11.8 Å². The van der Waals surface area contributed by atoms with E-state index in [1.165, 1.54) is 24.3 Å². The van der Waals surface area contributed by atoms with E-state index >= 15 is 0 Å². The third-order valence-electron chi connectivity index (χ3n) is 2.63. The summed E-state index contributed by atoms with van der Waals surface area (Å²) in [5, 5.41) is 9.41. The van der Waals surface area contributed by atoms with Crippen LogP contribution in [0.25, 0.3) is 17.2 Å². The van der Waals surface area contributed by atoms with Crippen molar-refractivity contribution in [1.29, 1.82) is 0 Å². The van der Waals surface area contributed by atoms with Gasteiger partial charge in [0.15, 0.2) is 0 Å². The van der Waals surface area contributed by atoms with Crippen molar-refractivity contribution < 1.29 is 14.3 Å². The molecule has 0 bridgehead atoms. The predicted molar refractivity (Wildman–Crippen MR) is 78.5 cm³/mol. The van der Waals surface area contributed by atoms with Gasteiger partial charge in [-0.05, 0) is 42.0 Å². The molecule has 2 aromatic carbocycles. The molecule has 0 aromatic heterocycles. The zero-order valence-corrected chi connectivity index (χ0v) is 11.6. The molecule has 2 nitrogen and oxygen atoms in total. The molecule has 0 saturated carbocycles. The quantitative estimate of drug-likeness (QED) is 0.819. The van der Waals surface area contributed by atoms with Crippen LogP contribution in [0.5, 0.6) is 0 Å². The molecule has 0 radical (unpaired) electrons. The largest absolute Gasteiger partial charge is 0.478 e. The number of carbonyl (C=O) groups is 1. The molecule has 102 valence electrons. The maximum atomic E-state index is 13.9. The second kappa shape index (κ2) is 6.07. The number of aliphatic carboxylic acids is 1. The highest BCUT2D eigenvalue weighted by Crippen LogP contribution is 2.33. The van der Waals surface area contributed by atoms with E-state index in [1.54, 1.807) is 18.2 Å². The number of carboxylic acid groups (broad SMARTS) is 1. The lowest BCUT2D eigenvalue weighted by atomic mass is 10.0. The van der Waals surface area contributed by atoms with Crippen molar-refractivity contribution in [2.24, 2.45) is 0 Å². The molecule has 0 aliphatic heterocycles. The molecule has 0 spiro atoms. The number of hydrogen-bond acceptors (Lipinski definition) is 1. The van der Waals surface area contributed by atoms with Crippen LogP contribution in [0.3, 0.4) is 0 Å². The van der Waals surface area contributed by atoms with Crippen molar-refractivity contribution in [1.82, 2.24) is 0 Å². The summed E-state index contributed by atoms with van der Waals surface area (Å²) in [6, 6.07) is 9.02. The van der Waals surface area contributed by atoms with Crippen molar-refractivity contribution in [3.05, 3.63) is 63.9 Å². The van der Waals surface area contributed by atoms with E-state index in [-0.39, 0.29) is 5.56 Å². The first-order chi connectivity index (χ1) is 9.47. The maximum absolute atomic E-state index is 13.9. The summed E-state index contributed by atoms with van der Waals surface area (Å²) >= 11 is 11.9. The van der Waals surface area contributed by atoms with Gasteiger partial charge < -0.3 is 5.11 Å². The van der Waals surface area contributed by atoms with E-state index in [2.05, 4.69) is 0 Å². The van der Waals surface area contributed by atoms with Gasteiger partial charge in [0.2, 0.25) is 0 Å². The summed E-state index contributed by atoms with van der Waals surface area (Å²) < 4.78 is 13.9. The molecular formula is C15H9Cl2FO2. The van der Waals surface area contributed by atoms with Crippen molar-refractivity contribution in [3.63, 3.8) is 0 Å². The molecule has 0 amide bonds. The number of benzene rings is 2. The Kier molecular flexibility index (Phi) is 4.42. The molecule has 0 saturated heterocycles. The highest BCUT2D eigenvalue weighted by atomic mass is 35.5. The van der Waals surface area contributed by atoms with Crippen LogP contribution >= 0.6 is 23.2 Å². The lowest BCUT2D eigenvalue weighted by Crippen LogP contribution is -1.89. The Morgan fingerprint density at radius 3 is 2.55 bits per heavy atom. The van der Waals surface area contributed by atoms with Gasteiger partial charge in [-0.2, -0.15) is 0 Å². The van der Waals surface area contributed by atoms with Crippen molar-refractivity contribution >= 4 is 35.2 Å². The minimum Gasteiger partial charge on any atom is -0.478 e.